The van der Waals surface area contributed by atoms with Gasteiger partial charge in [-0.15, -0.1) is 0 Å². The highest BCUT2D eigenvalue weighted by Gasteiger charge is 2.06. The van der Waals surface area contributed by atoms with Crippen LogP contribution in [0.3, 0.4) is 0 Å². The van der Waals surface area contributed by atoms with E-state index in [0.717, 1.165) is 33.6 Å². The minimum atomic E-state index is 0.0249. The van der Waals surface area contributed by atoms with Gasteiger partial charge in [0.15, 0.2) is 4.34 Å². The molecule has 0 fully saturated rings. The number of carbonyl (C=O) groups is 1. The van der Waals surface area contributed by atoms with Crippen LogP contribution in [-0.4, -0.2) is 21.0 Å². The van der Waals surface area contributed by atoms with Crippen molar-refractivity contribution in [2.75, 3.05) is 16.8 Å². The molecule has 0 saturated heterocycles. The number of aryl methyl sites for hydroxylation is 2. The Balaban J connectivity index is 1.72. The maximum atomic E-state index is 11.9. The fourth-order valence-corrected chi connectivity index (χ4v) is 3.43. The molecule has 0 saturated carbocycles. The molecule has 0 aliphatic carbocycles. The summed E-state index contributed by atoms with van der Waals surface area (Å²) in [4.78, 5) is 16.2. The van der Waals surface area contributed by atoms with Crippen molar-refractivity contribution in [2.45, 2.75) is 31.0 Å². The summed E-state index contributed by atoms with van der Waals surface area (Å²) < 4.78 is 5.08. The average molecular weight is 322 g/mol. The number of benzene rings is 1. The number of nitrogens with two attached hydrogens (primary N) is 1. The van der Waals surface area contributed by atoms with Gasteiger partial charge in [0.2, 0.25) is 5.91 Å². The summed E-state index contributed by atoms with van der Waals surface area (Å²) in [5.74, 6) is 1.69. The second kappa shape index (κ2) is 7.42. The molecular formula is C14H18N4OS2. The van der Waals surface area contributed by atoms with Gasteiger partial charge in [0, 0.05) is 23.5 Å². The molecule has 0 bridgehead atoms. The van der Waals surface area contributed by atoms with Crippen molar-refractivity contribution in [2.24, 2.45) is 0 Å². The molecule has 0 aliphatic heterocycles. The van der Waals surface area contributed by atoms with Gasteiger partial charge in [0.25, 0.3) is 0 Å². The summed E-state index contributed by atoms with van der Waals surface area (Å²) in [6.07, 6.45) is 1.30. The second-order valence-electron chi connectivity index (χ2n) is 4.68. The standard InChI is InChI=1S/C14H18N4OS2/c1-9-8-11(15)5-6-12(9)17-13(19)4-3-7-20-14-16-10(2)18-21-14/h5-6,8H,3-4,7,15H2,1-2H3,(H,17,19). The number of thioether (sulfide) groups is 1. The van der Waals surface area contributed by atoms with Gasteiger partial charge < -0.3 is 11.1 Å². The normalized spacial score (nSPS) is 10.6. The first-order chi connectivity index (χ1) is 10.0. The van der Waals surface area contributed by atoms with Gasteiger partial charge in [-0.1, -0.05) is 11.8 Å². The average Bonchev–Trinajstić information content (AvgIpc) is 2.84. The van der Waals surface area contributed by atoms with E-state index in [-0.39, 0.29) is 5.91 Å². The summed E-state index contributed by atoms with van der Waals surface area (Å²) in [6, 6.07) is 5.47. The SMILES string of the molecule is Cc1nsc(SCCCC(=O)Nc2ccc(N)cc2C)n1. The minimum absolute atomic E-state index is 0.0249. The predicted molar refractivity (Wildman–Crippen MR) is 88.8 cm³/mol. The molecule has 1 aromatic carbocycles. The third kappa shape index (κ3) is 5.02. The molecule has 3 N–H and O–H groups in total. The van der Waals surface area contributed by atoms with Crippen LogP contribution < -0.4 is 11.1 Å². The van der Waals surface area contributed by atoms with Crippen LogP contribution in [0.15, 0.2) is 22.5 Å². The number of anilines is 2. The maximum Gasteiger partial charge on any atom is 0.224 e. The second-order valence-corrected chi connectivity index (χ2v) is 6.78. The third-order valence-electron chi connectivity index (χ3n) is 2.81. The van der Waals surface area contributed by atoms with Gasteiger partial charge in [-0.25, -0.2) is 4.98 Å². The van der Waals surface area contributed by atoms with E-state index in [9.17, 15) is 4.79 Å². The van der Waals surface area contributed by atoms with Crippen LogP contribution in [-0.2, 0) is 4.79 Å². The van der Waals surface area contributed by atoms with Gasteiger partial charge >= 0.3 is 0 Å². The molecule has 0 spiro atoms. The first-order valence-corrected chi connectivity index (χ1v) is 8.39. The summed E-state index contributed by atoms with van der Waals surface area (Å²) in [5, 5.41) is 2.91. The summed E-state index contributed by atoms with van der Waals surface area (Å²) in [6.45, 7) is 3.81. The Morgan fingerprint density at radius 2 is 2.24 bits per heavy atom. The number of rotatable bonds is 6. The van der Waals surface area contributed by atoms with Gasteiger partial charge in [0.1, 0.15) is 5.82 Å². The van der Waals surface area contributed by atoms with Crippen LogP contribution >= 0.6 is 23.3 Å². The van der Waals surface area contributed by atoms with Crippen molar-refractivity contribution >= 4 is 40.6 Å². The molecule has 2 rings (SSSR count). The number of aromatic nitrogens is 2. The Labute approximate surface area is 132 Å². The molecule has 0 aliphatic rings. The van der Waals surface area contributed by atoms with Crippen LogP contribution in [0.1, 0.15) is 24.2 Å². The Hall–Kier alpha value is -1.60. The van der Waals surface area contributed by atoms with E-state index < -0.39 is 0 Å². The van der Waals surface area contributed by atoms with Crippen molar-refractivity contribution in [1.82, 2.24) is 9.36 Å². The highest BCUT2D eigenvalue weighted by molar-refractivity contribution is 8.00. The van der Waals surface area contributed by atoms with Gasteiger partial charge in [-0.2, -0.15) is 4.37 Å². The minimum Gasteiger partial charge on any atom is -0.399 e. The van der Waals surface area contributed by atoms with Crippen molar-refractivity contribution in [3.63, 3.8) is 0 Å². The Morgan fingerprint density at radius 3 is 2.90 bits per heavy atom. The van der Waals surface area contributed by atoms with Gasteiger partial charge in [-0.05, 0) is 55.6 Å². The fraction of sp³-hybridized carbons (Fsp3) is 0.357. The number of hydrogen-bond donors (Lipinski definition) is 2. The summed E-state index contributed by atoms with van der Waals surface area (Å²) >= 11 is 3.05. The van der Waals surface area contributed by atoms with Gasteiger partial charge in [-0.3, -0.25) is 4.79 Å². The lowest BCUT2D eigenvalue weighted by atomic mass is 10.1. The van der Waals surface area contributed by atoms with Crippen LogP contribution in [0.2, 0.25) is 0 Å². The van der Waals surface area contributed by atoms with Crippen LogP contribution in [0, 0.1) is 13.8 Å². The lowest BCUT2D eigenvalue weighted by molar-refractivity contribution is -0.116. The highest BCUT2D eigenvalue weighted by atomic mass is 32.2. The summed E-state index contributed by atoms with van der Waals surface area (Å²) in [5.41, 5.74) is 8.19. The van der Waals surface area contributed by atoms with E-state index in [1.54, 1.807) is 17.8 Å². The van der Waals surface area contributed by atoms with E-state index in [4.69, 9.17) is 5.73 Å². The first kappa shape index (κ1) is 15.8. The highest BCUT2D eigenvalue weighted by Crippen LogP contribution is 2.21. The fourth-order valence-electron chi connectivity index (χ4n) is 1.77. The number of nitrogens with zero attached hydrogens (tertiary/aromatic N) is 2. The molecule has 0 radical (unpaired) electrons. The molecule has 2 aromatic rings. The number of hydrogen-bond acceptors (Lipinski definition) is 6. The Kier molecular flexibility index (Phi) is 5.58. The van der Waals surface area contributed by atoms with Crippen LogP contribution in [0.25, 0.3) is 0 Å². The molecule has 1 amide bonds. The van der Waals surface area contributed by atoms with Crippen molar-refractivity contribution in [1.29, 1.82) is 0 Å². The number of amides is 1. The first-order valence-electron chi connectivity index (χ1n) is 6.63. The Bertz CT molecular complexity index is 627. The lowest BCUT2D eigenvalue weighted by Crippen LogP contribution is -2.12. The molecular weight excluding hydrogens is 304 g/mol. The number of carbonyl (C=O) groups excluding carboxylic acids is 1. The van der Waals surface area contributed by atoms with E-state index in [2.05, 4.69) is 14.7 Å². The van der Waals surface area contributed by atoms with Crippen LogP contribution in [0.5, 0.6) is 0 Å². The molecule has 1 heterocycles. The zero-order valence-corrected chi connectivity index (χ0v) is 13.7. The molecule has 7 heteroatoms. The molecule has 0 unspecified atom stereocenters. The molecule has 1 aromatic heterocycles. The quantitative estimate of drug-likeness (QED) is 0.485. The molecule has 5 nitrogen and oxygen atoms in total. The van der Waals surface area contributed by atoms with Crippen molar-refractivity contribution in [3.05, 3.63) is 29.6 Å². The van der Waals surface area contributed by atoms with Crippen molar-refractivity contribution < 1.29 is 4.79 Å². The largest absolute Gasteiger partial charge is 0.399 e. The van der Waals surface area contributed by atoms with E-state index >= 15 is 0 Å². The van der Waals surface area contributed by atoms with Crippen molar-refractivity contribution in [3.8, 4) is 0 Å². The van der Waals surface area contributed by atoms with Crippen LogP contribution in [0.4, 0.5) is 11.4 Å². The molecule has 112 valence electrons. The number of nitrogen functional groups attached to an aromatic ring is 1. The maximum absolute atomic E-state index is 11.9. The summed E-state index contributed by atoms with van der Waals surface area (Å²) in [7, 11) is 0. The number of nitrogens with one attached hydrogen (secondary N) is 1. The third-order valence-corrected chi connectivity index (χ3v) is 4.82. The smallest absolute Gasteiger partial charge is 0.224 e. The Morgan fingerprint density at radius 1 is 1.43 bits per heavy atom. The lowest BCUT2D eigenvalue weighted by Gasteiger charge is -2.08. The van der Waals surface area contributed by atoms with Gasteiger partial charge in [0.05, 0.1) is 0 Å². The zero-order chi connectivity index (χ0) is 15.2. The molecule has 21 heavy (non-hydrogen) atoms. The topological polar surface area (TPSA) is 80.9 Å². The monoisotopic (exact) mass is 322 g/mol. The molecule has 0 atom stereocenters. The van der Waals surface area contributed by atoms with E-state index in [0.29, 0.717) is 12.1 Å². The predicted octanol–water partition coefficient (Wildman–Crippen LogP) is 3.25. The van der Waals surface area contributed by atoms with E-state index in [1.807, 2.05) is 26.0 Å². The zero-order valence-electron chi connectivity index (χ0n) is 12.0. The van der Waals surface area contributed by atoms with E-state index in [1.165, 1.54) is 11.5 Å².